The molecular weight excluding hydrogens is 369 g/mol. The highest BCUT2D eigenvalue weighted by atomic mass is 16.1. The third kappa shape index (κ3) is 3.90. The van der Waals surface area contributed by atoms with E-state index in [2.05, 4.69) is 55.5 Å². The van der Waals surface area contributed by atoms with E-state index in [1.165, 1.54) is 5.56 Å². The van der Waals surface area contributed by atoms with Gasteiger partial charge in [0.25, 0.3) is 5.91 Å². The lowest BCUT2D eigenvalue weighted by Crippen LogP contribution is -2.27. The molecule has 0 aliphatic heterocycles. The molecular formula is C22H23B3N4O. The maximum atomic E-state index is 12.7. The molecule has 0 unspecified atom stereocenters. The summed E-state index contributed by atoms with van der Waals surface area (Å²) < 4.78 is 2.06. The molecule has 0 fully saturated rings. The highest BCUT2D eigenvalue weighted by Crippen LogP contribution is 2.26. The first-order valence-corrected chi connectivity index (χ1v) is 10.0. The first-order chi connectivity index (χ1) is 14.2. The number of nitrogens with one attached hydrogen (secondary N) is 1. The fraction of sp³-hybridized carbons (Fsp3) is 0.136. The van der Waals surface area contributed by atoms with E-state index in [1.807, 2.05) is 56.6 Å². The molecule has 0 atom stereocenters. The number of aryl methyl sites for hydroxylation is 1. The van der Waals surface area contributed by atoms with Gasteiger partial charge in [-0.25, -0.2) is 9.97 Å². The van der Waals surface area contributed by atoms with Gasteiger partial charge in [-0.3, -0.25) is 4.79 Å². The van der Waals surface area contributed by atoms with Gasteiger partial charge in [-0.2, -0.15) is 0 Å². The smallest absolute Gasteiger partial charge is 0.256 e. The maximum absolute atomic E-state index is 12.7. The zero-order valence-corrected chi connectivity index (χ0v) is 18.0. The molecule has 2 heterocycles. The lowest BCUT2D eigenvalue weighted by atomic mass is 9.40. The topological polar surface area (TPSA) is 59.8 Å². The highest BCUT2D eigenvalue weighted by molar-refractivity contribution is 6.58. The molecule has 1 amide bonds. The molecule has 8 heteroatoms. The Hall–Kier alpha value is -3.28. The van der Waals surface area contributed by atoms with Crippen molar-refractivity contribution in [1.82, 2.24) is 14.5 Å². The van der Waals surface area contributed by atoms with E-state index < -0.39 is 0 Å². The molecule has 0 saturated heterocycles. The van der Waals surface area contributed by atoms with Crippen LogP contribution in [0.1, 0.15) is 21.7 Å². The maximum Gasteiger partial charge on any atom is 0.256 e. The number of rotatable bonds is 4. The summed E-state index contributed by atoms with van der Waals surface area (Å²) in [4.78, 5) is 21.5. The van der Waals surface area contributed by atoms with Crippen LogP contribution in [0.2, 0.25) is 0 Å². The van der Waals surface area contributed by atoms with Crippen LogP contribution in [-0.2, 0) is 12.2 Å². The second-order valence-electron chi connectivity index (χ2n) is 8.66. The monoisotopic (exact) mass is 392 g/mol. The number of fused-ring (bicyclic) bond motifs is 1. The van der Waals surface area contributed by atoms with E-state index in [4.69, 9.17) is 0 Å². The number of hydrogen-bond donors (Lipinski definition) is 1. The fourth-order valence-corrected chi connectivity index (χ4v) is 3.45. The third-order valence-electron chi connectivity index (χ3n) is 5.49. The van der Waals surface area contributed by atoms with Crippen molar-refractivity contribution < 1.29 is 4.79 Å². The Balaban J connectivity index is 1.60. The quantitative estimate of drug-likeness (QED) is 0.532. The number of pyridine rings is 1. The number of carbonyl (C=O) groups is 1. The second-order valence-corrected chi connectivity index (χ2v) is 8.66. The number of aromatic nitrogens is 3. The van der Waals surface area contributed by atoms with Gasteiger partial charge in [-0.05, 0) is 36.6 Å². The molecule has 1 N–H and O–H groups in total. The van der Waals surface area contributed by atoms with Crippen molar-refractivity contribution in [3.8, 4) is 11.3 Å². The summed E-state index contributed by atoms with van der Waals surface area (Å²) >= 11 is 0. The van der Waals surface area contributed by atoms with Crippen LogP contribution in [0.25, 0.3) is 22.0 Å². The Labute approximate surface area is 179 Å². The van der Waals surface area contributed by atoms with Gasteiger partial charge in [0.15, 0.2) is 0 Å². The van der Waals surface area contributed by atoms with Gasteiger partial charge in [0.1, 0.15) is 11.6 Å². The van der Waals surface area contributed by atoms with E-state index in [0.29, 0.717) is 11.4 Å². The Bertz CT molecular complexity index is 1240. The number of nitrogens with zero attached hydrogens (tertiary/aromatic N) is 3. The zero-order chi connectivity index (χ0) is 21.5. The highest BCUT2D eigenvalue weighted by Gasteiger charge is 2.15. The van der Waals surface area contributed by atoms with Crippen LogP contribution in [0.4, 0.5) is 5.82 Å². The van der Waals surface area contributed by atoms with Crippen molar-refractivity contribution in [3.63, 3.8) is 0 Å². The molecule has 0 aliphatic carbocycles. The molecule has 4 aromatic rings. The van der Waals surface area contributed by atoms with Gasteiger partial charge in [-0.1, -0.05) is 34.9 Å². The summed E-state index contributed by atoms with van der Waals surface area (Å²) in [5, 5.41) is 5.00. The number of hydrogen-bond acceptors (Lipinski definition) is 3. The van der Waals surface area contributed by atoms with Crippen LogP contribution in [-0.4, -0.2) is 44.0 Å². The van der Waals surface area contributed by atoms with Gasteiger partial charge in [0.05, 0.1) is 35.4 Å². The molecule has 5 nitrogen and oxygen atoms in total. The van der Waals surface area contributed by atoms with E-state index in [0.717, 1.165) is 27.9 Å². The lowest BCUT2D eigenvalue weighted by molar-refractivity contribution is 0.102. The summed E-state index contributed by atoms with van der Waals surface area (Å²) in [7, 11) is 8.47. The standard InChI is InChI=1S/C22H23B3N4O/c1-13-26-12-19(29(13)2)15-3-4-16-11-27-20(10-17(16)9-15)28-21(30)14-5-7-18(8-6-14)22(23,24)25/h3-12H,23-25H2,1-2H3,(H,27,28,30). The average molecular weight is 392 g/mol. The van der Waals surface area contributed by atoms with Gasteiger partial charge in [0.2, 0.25) is 0 Å². The van der Waals surface area contributed by atoms with Gasteiger partial charge >= 0.3 is 0 Å². The normalized spacial score (nSPS) is 11.5. The van der Waals surface area contributed by atoms with Crippen LogP contribution >= 0.6 is 0 Å². The predicted octanol–water partition coefficient (Wildman–Crippen LogP) is 1.21. The van der Waals surface area contributed by atoms with E-state index in [9.17, 15) is 4.79 Å². The SMILES string of the molecule is BC(B)(B)c1ccc(C(=O)Nc2cc3cc(-c4cnc(C)n4C)ccc3cn2)cc1. The third-order valence-corrected chi connectivity index (χ3v) is 5.49. The number of anilines is 1. The van der Waals surface area contributed by atoms with E-state index in [-0.39, 0.29) is 11.0 Å². The fourth-order valence-electron chi connectivity index (χ4n) is 3.45. The Morgan fingerprint density at radius 1 is 0.967 bits per heavy atom. The van der Waals surface area contributed by atoms with E-state index in [1.54, 1.807) is 6.20 Å². The minimum atomic E-state index is -0.166. The molecule has 0 bridgehead atoms. The lowest BCUT2D eigenvalue weighted by Gasteiger charge is -2.18. The Kier molecular flexibility index (Phi) is 5.02. The largest absolute Gasteiger partial charge is 0.331 e. The number of benzene rings is 2. The Morgan fingerprint density at radius 2 is 1.70 bits per heavy atom. The van der Waals surface area contributed by atoms with Crippen LogP contribution < -0.4 is 5.32 Å². The van der Waals surface area contributed by atoms with Crippen LogP contribution in [0.5, 0.6) is 0 Å². The average Bonchev–Trinajstić information content (AvgIpc) is 3.05. The second kappa shape index (κ2) is 7.52. The van der Waals surface area contributed by atoms with Crippen molar-refractivity contribution in [2.45, 2.75) is 12.0 Å². The molecule has 2 aromatic heterocycles. The summed E-state index contributed by atoms with van der Waals surface area (Å²) in [5.41, 5.74) is 3.94. The number of carbonyl (C=O) groups excluding carboxylic acids is 1. The summed E-state index contributed by atoms with van der Waals surface area (Å²) in [6.07, 6.45) is 3.66. The van der Waals surface area contributed by atoms with Crippen molar-refractivity contribution >= 4 is 46.0 Å². The van der Waals surface area contributed by atoms with Crippen molar-refractivity contribution in [1.29, 1.82) is 0 Å². The van der Waals surface area contributed by atoms with Gasteiger partial charge in [0, 0.05) is 29.8 Å². The minimum absolute atomic E-state index is 0.0546. The Morgan fingerprint density at radius 3 is 2.33 bits per heavy atom. The molecule has 4 rings (SSSR count). The number of imidazole rings is 1. The molecule has 30 heavy (non-hydrogen) atoms. The van der Waals surface area contributed by atoms with Crippen molar-refractivity contribution in [2.75, 3.05) is 5.32 Å². The summed E-state index contributed by atoms with van der Waals surface area (Å²) in [6, 6.07) is 15.8. The van der Waals surface area contributed by atoms with Gasteiger partial charge in [-0.15, -0.1) is 0 Å². The van der Waals surface area contributed by atoms with Crippen LogP contribution in [0.15, 0.2) is 60.9 Å². The van der Waals surface area contributed by atoms with E-state index >= 15 is 0 Å². The molecule has 0 radical (unpaired) electrons. The van der Waals surface area contributed by atoms with Gasteiger partial charge < -0.3 is 9.88 Å². The minimum Gasteiger partial charge on any atom is -0.331 e. The first-order valence-electron chi connectivity index (χ1n) is 10.0. The number of amides is 1. The molecule has 0 spiro atoms. The molecule has 2 aromatic carbocycles. The van der Waals surface area contributed by atoms with Crippen LogP contribution in [0.3, 0.4) is 0 Å². The summed E-state index contributed by atoms with van der Waals surface area (Å²) in [6.45, 7) is 1.98. The zero-order valence-electron chi connectivity index (χ0n) is 18.0. The predicted molar refractivity (Wildman–Crippen MR) is 130 cm³/mol. The first kappa shape index (κ1) is 20.0. The summed E-state index contributed by atoms with van der Waals surface area (Å²) in [5.74, 6) is 1.33. The molecule has 0 aliphatic rings. The van der Waals surface area contributed by atoms with Crippen molar-refractivity contribution in [2.24, 2.45) is 7.05 Å². The van der Waals surface area contributed by atoms with Crippen LogP contribution in [0, 0.1) is 6.92 Å². The molecule has 0 saturated carbocycles. The van der Waals surface area contributed by atoms with Crippen molar-refractivity contribution in [3.05, 3.63) is 77.9 Å². The molecule has 146 valence electrons.